The average molecular weight is 228 g/mol. The molecule has 0 aliphatic heterocycles. The van der Waals surface area contributed by atoms with Crippen LogP contribution in [0.1, 0.15) is 39.5 Å². The zero-order chi connectivity index (χ0) is 12.2. The summed E-state index contributed by atoms with van der Waals surface area (Å²) < 4.78 is 4.81. The van der Waals surface area contributed by atoms with Gasteiger partial charge in [-0.05, 0) is 38.8 Å². The smallest absolute Gasteiger partial charge is 0.325 e. The third kappa shape index (κ3) is 2.74. The Morgan fingerprint density at radius 2 is 2.12 bits per heavy atom. The topological polar surface area (TPSA) is 55.6 Å². The zero-order valence-corrected chi connectivity index (χ0v) is 10.7. The van der Waals surface area contributed by atoms with Gasteiger partial charge in [-0.25, -0.2) is 0 Å². The van der Waals surface area contributed by atoms with Crippen molar-refractivity contribution < 1.29 is 9.53 Å². The number of rotatable bonds is 4. The molecule has 1 fully saturated rings. The SMILES string of the molecule is CCN(CC)C1CCCC(N)(C(=O)OC)C1. The molecule has 0 saturated heterocycles. The summed E-state index contributed by atoms with van der Waals surface area (Å²) >= 11 is 0. The molecule has 0 aromatic carbocycles. The molecule has 0 heterocycles. The summed E-state index contributed by atoms with van der Waals surface area (Å²) in [6.07, 6.45) is 3.61. The van der Waals surface area contributed by atoms with Crippen LogP contribution in [0.3, 0.4) is 0 Å². The van der Waals surface area contributed by atoms with Gasteiger partial charge in [-0.2, -0.15) is 0 Å². The molecule has 0 aromatic rings. The van der Waals surface area contributed by atoms with E-state index in [1.807, 2.05) is 0 Å². The zero-order valence-electron chi connectivity index (χ0n) is 10.7. The average Bonchev–Trinajstić information content (AvgIpc) is 2.30. The van der Waals surface area contributed by atoms with Crippen LogP contribution in [0.15, 0.2) is 0 Å². The van der Waals surface area contributed by atoms with Crippen LogP contribution in [0.5, 0.6) is 0 Å². The molecule has 1 rings (SSSR count). The van der Waals surface area contributed by atoms with E-state index in [-0.39, 0.29) is 5.97 Å². The normalized spacial score (nSPS) is 30.4. The first-order valence-electron chi connectivity index (χ1n) is 6.18. The van der Waals surface area contributed by atoms with Crippen molar-refractivity contribution in [2.24, 2.45) is 5.73 Å². The van der Waals surface area contributed by atoms with Crippen molar-refractivity contribution in [3.63, 3.8) is 0 Å². The Bertz CT molecular complexity index is 241. The summed E-state index contributed by atoms with van der Waals surface area (Å²) in [5.41, 5.74) is 5.39. The van der Waals surface area contributed by atoms with Crippen molar-refractivity contribution in [3.05, 3.63) is 0 Å². The van der Waals surface area contributed by atoms with E-state index >= 15 is 0 Å². The molecule has 0 amide bonds. The second-order valence-corrected chi connectivity index (χ2v) is 4.62. The summed E-state index contributed by atoms with van der Waals surface area (Å²) in [5, 5.41) is 0. The molecule has 0 bridgehead atoms. The Morgan fingerprint density at radius 1 is 1.50 bits per heavy atom. The maximum atomic E-state index is 11.7. The van der Waals surface area contributed by atoms with E-state index in [4.69, 9.17) is 10.5 Å². The van der Waals surface area contributed by atoms with Crippen molar-refractivity contribution in [1.82, 2.24) is 4.90 Å². The summed E-state index contributed by atoms with van der Waals surface area (Å²) in [4.78, 5) is 14.0. The van der Waals surface area contributed by atoms with Gasteiger partial charge in [0.2, 0.25) is 0 Å². The third-order valence-electron chi connectivity index (χ3n) is 3.68. The van der Waals surface area contributed by atoms with Crippen molar-refractivity contribution in [3.8, 4) is 0 Å². The van der Waals surface area contributed by atoms with Crippen molar-refractivity contribution >= 4 is 5.97 Å². The minimum atomic E-state index is -0.764. The number of hydrogen-bond acceptors (Lipinski definition) is 4. The van der Waals surface area contributed by atoms with E-state index in [9.17, 15) is 4.79 Å². The van der Waals surface area contributed by atoms with E-state index in [0.29, 0.717) is 6.04 Å². The van der Waals surface area contributed by atoms with Gasteiger partial charge >= 0.3 is 5.97 Å². The van der Waals surface area contributed by atoms with Crippen LogP contribution < -0.4 is 5.73 Å². The van der Waals surface area contributed by atoms with Gasteiger partial charge < -0.3 is 15.4 Å². The highest BCUT2D eigenvalue weighted by Gasteiger charge is 2.41. The highest BCUT2D eigenvalue weighted by molar-refractivity contribution is 5.80. The molecular weight excluding hydrogens is 204 g/mol. The van der Waals surface area contributed by atoms with Crippen LogP contribution in [0, 0.1) is 0 Å². The predicted molar refractivity (Wildman–Crippen MR) is 64.1 cm³/mol. The quantitative estimate of drug-likeness (QED) is 0.733. The fourth-order valence-corrected chi connectivity index (χ4v) is 2.72. The lowest BCUT2D eigenvalue weighted by Crippen LogP contribution is -2.56. The number of esters is 1. The molecule has 0 aromatic heterocycles. The summed E-state index contributed by atoms with van der Waals surface area (Å²) in [5.74, 6) is -0.260. The van der Waals surface area contributed by atoms with Crippen LogP contribution in [0.25, 0.3) is 0 Å². The molecule has 2 N–H and O–H groups in total. The van der Waals surface area contributed by atoms with Gasteiger partial charge in [-0.15, -0.1) is 0 Å². The molecule has 0 spiro atoms. The molecule has 94 valence electrons. The Labute approximate surface area is 98.1 Å². The molecule has 2 unspecified atom stereocenters. The second kappa shape index (κ2) is 5.64. The number of carbonyl (C=O) groups excluding carboxylic acids is 1. The first kappa shape index (κ1) is 13.5. The second-order valence-electron chi connectivity index (χ2n) is 4.62. The molecular formula is C12H24N2O2. The number of methoxy groups -OCH3 is 1. The van der Waals surface area contributed by atoms with Gasteiger partial charge in [-0.1, -0.05) is 13.8 Å². The van der Waals surface area contributed by atoms with Crippen LogP contribution in [-0.4, -0.2) is 42.6 Å². The number of ether oxygens (including phenoxy) is 1. The maximum Gasteiger partial charge on any atom is 0.325 e. The van der Waals surface area contributed by atoms with Crippen LogP contribution in [0.2, 0.25) is 0 Å². The Balaban J connectivity index is 2.69. The first-order valence-corrected chi connectivity index (χ1v) is 6.18. The van der Waals surface area contributed by atoms with Crippen LogP contribution in [0.4, 0.5) is 0 Å². The number of carbonyl (C=O) groups is 1. The summed E-state index contributed by atoms with van der Waals surface area (Å²) in [7, 11) is 1.41. The Kier molecular flexibility index (Phi) is 4.74. The molecule has 16 heavy (non-hydrogen) atoms. The Morgan fingerprint density at radius 3 is 2.62 bits per heavy atom. The standard InChI is InChI=1S/C12H24N2O2/c1-4-14(5-2)10-7-6-8-12(13,9-10)11(15)16-3/h10H,4-9,13H2,1-3H3. The van der Waals surface area contributed by atoms with E-state index in [2.05, 4.69) is 18.7 Å². The van der Waals surface area contributed by atoms with Gasteiger partial charge in [0, 0.05) is 6.04 Å². The molecule has 4 heteroatoms. The fourth-order valence-electron chi connectivity index (χ4n) is 2.72. The van der Waals surface area contributed by atoms with Gasteiger partial charge in [0.15, 0.2) is 0 Å². The minimum absolute atomic E-state index is 0.260. The molecule has 2 atom stereocenters. The molecule has 0 radical (unpaired) electrons. The third-order valence-corrected chi connectivity index (χ3v) is 3.68. The Hall–Kier alpha value is -0.610. The largest absolute Gasteiger partial charge is 0.468 e. The summed E-state index contributed by atoms with van der Waals surface area (Å²) in [6.45, 7) is 6.32. The minimum Gasteiger partial charge on any atom is -0.468 e. The number of nitrogens with zero attached hydrogens (tertiary/aromatic N) is 1. The maximum absolute atomic E-state index is 11.7. The van der Waals surface area contributed by atoms with Crippen molar-refractivity contribution in [2.75, 3.05) is 20.2 Å². The molecule has 1 aliphatic carbocycles. The summed E-state index contributed by atoms with van der Waals surface area (Å²) in [6, 6.07) is 0.424. The number of nitrogens with two attached hydrogens (primary N) is 1. The van der Waals surface area contributed by atoms with E-state index in [0.717, 1.165) is 38.8 Å². The molecule has 1 aliphatic rings. The van der Waals surface area contributed by atoms with Crippen LogP contribution >= 0.6 is 0 Å². The highest BCUT2D eigenvalue weighted by Crippen LogP contribution is 2.30. The van der Waals surface area contributed by atoms with Crippen molar-refractivity contribution in [1.29, 1.82) is 0 Å². The molecule has 4 nitrogen and oxygen atoms in total. The van der Waals surface area contributed by atoms with Gasteiger partial charge in [0.1, 0.15) is 5.54 Å². The lowest BCUT2D eigenvalue weighted by molar-refractivity contribution is -0.149. The molecule has 1 saturated carbocycles. The van der Waals surface area contributed by atoms with E-state index in [1.54, 1.807) is 0 Å². The fraction of sp³-hybridized carbons (Fsp3) is 0.917. The highest BCUT2D eigenvalue weighted by atomic mass is 16.5. The van der Waals surface area contributed by atoms with Gasteiger partial charge in [0.25, 0.3) is 0 Å². The predicted octanol–water partition coefficient (Wildman–Crippen LogP) is 1.14. The lowest BCUT2D eigenvalue weighted by atomic mass is 9.79. The monoisotopic (exact) mass is 228 g/mol. The van der Waals surface area contributed by atoms with Gasteiger partial charge in [-0.3, -0.25) is 4.79 Å². The van der Waals surface area contributed by atoms with E-state index < -0.39 is 5.54 Å². The first-order chi connectivity index (χ1) is 7.57. The van der Waals surface area contributed by atoms with E-state index in [1.165, 1.54) is 7.11 Å². The lowest BCUT2D eigenvalue weighted by Gasteiger charge is -2.40. The van der Waals surface area contributed by atoms with Crippen LogP contribution in [-0.2, 0) is 9.53 Å². The number of hydrogen-bond donors (Lipinski definition) is 1. The van der Waals surface area contributed by atoms with Gasteiger partial charge in [0.05, 0.1) is 7.11 Å². The van der Waals surface area contributed by atoms with Crippen molar-refractivity contribution in [2.45, 2.75) is 51.1 Å².